The normalized spacial score (nSPS) is 21.5. The van der Waals surface area contributed by atoms with Gasteiger partial charge in [0.15, 0.2) is 5.62 Å². The van der Waals surface area contributed by atoms with E-state index in [1.165, 1.54) is 12.8 Å². The van der Waals surface area contributed by atoms with Gasteiger partial charge in [0.2, 0.25) is 17.7 Å². The Morgan fingerprint density at radius 1 is 1.11 bits per heavy atom. The molecule has 2 heterocycles. The van der Waals surface area contributed by atoms with Crippen molar-refractivity contribution in [1.29, 1.82) is 0 Å². The molecule has 4 atom stereocenters. The van der Waals surface area contributed by atoms with E-state index in [0.717, 1.165) is 74.0 Å². The van der Waals surface area contributed by atoms with Gasteiger partial charge in [0.05, 0.1) is 11.0 Å². The average molecular weight is 775 g/mol. The number of anilines is 1. The van der Waals surface area contributed by atoms with Crippen LogP contribution in [0, 0.1) is 36.5 Å². The maximum atomic E-state index is 13.2. The zero-order valence-electron chi connectivity index (χ0n) is 33.3. The van der Waals surface area contributed by atoms with E-state index >= 15 is 0 Å². The number of hydrogen-bond acceptors (Lipinski definition) is 7. The molecular formula is C43H62N6O5S. The Hall–Kier alpha value is -4.76. The number of aromatic hydroxyl groups is 1. The fourth-order valence-electron chi connectivity index (χ4n) is 6.47. The standard InChI is InChI=1S/C21H31N3O2.C11H19NO.C8H8N2O.C2H2.CH2OS/c1-3-4-5-6-10-14-18(23-17-12-8-7-9-13-17)19(25)24-16-11-15-21(24,2)20(22)26;1-8-6-11(8,3)9(13)12-7-10(2)4-5-10;1-5-9-7-3-2-6(11)4-8(7)10-5;1-2;2-1-3/h3,7-9,12-13,18,23H,1,4-6,10-11,14-16H2,2H3,(H2,22,26);8H,4-7H2,1-3H3,(H,12,13);2-4,11H,1H3,(H,9,10);1-2H;1H,(H,2,3)/t18-,21-;;;;/m0..../s1. The number of unbranched alkanes of at least 4 members (excludes halogenated alkanes) is 3. The number of carbonyl (C=O) groups excluding carboxylic acids is 4. The van der Waals surface area contributed by atoms with Crippen molar-refractivity contribution in [3.63, 3.8) is 0 Å². The molecular weight excluding hydrogens is 713 g/mol. The van der Waals surface area contributed by atoms with Crippen LogP contribution in [-0.4, -0.2) is 68.0 Å². The molecule has 0 spiro atoms. The maximum Gasteiger partial charge on any atom is 0.245 e. The first-order valence-corrected chi connectivity index (χ1v) is 19.5. The van der Waals surface area contributed by atoms with Gasteiger partial charge in [-0.3, -0.25) is 19.2 Å². The summed E-state index contributed by atoms with van der Waals surface area (Å²) in [4.78, 5) is 54.4. The average Bonchev–Trinajstić information content (AvgIpc) is 3.92. The van der Waals surface area contributed by atoms with Crippen LogP contribution in [0.5, 0.6) is 5.75 Å². The van der Waals surface area contributed by atoms with Crippen LogP contribution in [-0.2, 0) is 19.2 Å². The van der Waals surface area contributed by atoms with Gasteiger partial charge in [-0.25, -0.2) is 4.98 Å². The molecule has 2 unspecified atom stereocenters. The van der Waals surface area contributed by atoms with Gasteiger partial charge in [-0.2, -0.15) is 0 Å². The number of para-hydroxylation sites is 1. The number of aromatic amines is 1. The number of thiol groups is 1. The van der Waals surface area contributed by atoms with Crippen LogP contribution in [0.2, 0.25) is 0 Å². The molecule has 6 rings (SSSR count). The van der Waals surface area contributed by atoms with Crippen LogP contribution in [0.15, 0.2) is 61.2 Å². The maximum absolute atomic E-state index is 13.2. The molecule has 11 nitrogen and oxygen atoms in total. The number of rotatable bonds is 13. The van der Waals surface area contributed by atoms with E-state index < -0.39 is 11.4 Å². The molecule has 0 bridgehead atoms. The van der Waals surface area contributed by atoms with Crippen LogP contribution in [0.3, 0.4) is 0 Å². The minimum absolute atomic E-state index is 0.0311. The van der Waals surface area contributed by atoms with Crippen molar-refractivity contribution in [2.45, 2.75) is 110 Å². The predicted octanol–water partition coefficient (Wildman–Crippen LogP) is 7.35. The fourth-order valence-corrected chi connectivity index (χ4v) is 6.47. The highest BCUT2D eigenvalue weighted by atomic mass is 32.1. The smallest absolute Gasteiger partial charge is 0.245 e. The SMILES string of the molecule is C#C.C=CCCCCC[C@H](Nc1ccccc1)C(=O)N1CCC[C@@]1(C)C(N)=O.CC1CC1(C)C(=O)NCC1(C)CC1.Cc1nc2ccc(O)cc2[nH]1.O=CS. The van der Waals surface area contributed by atoms with Crippen molar-refractivity contribution >= 4 is 52.7 Å². The molecule has 12 heteroatoms. The number of primary amides is 1. The molecule has 1 aliphatic heterocycles. The summed E-state index contributed by atoms with van der Waals surface area (Å²) in [5.74, 6) is 1.53. The zero-order valence-corrected chi connectivity index (χ0v) is 34.2. The lowest BCUT2D eigenvalue weighted by atomic mass is 9.96. The second kappa shape index (κ2) is 22.0. The number of benzene rings is 2. The summed E-state index contributed by atoms with van der Waals surface area (Å²) in [6.45, 7) is 15.3. The van der Waals surface area contributed by atoms with Gasteiger partial charge < -0.3 is 31.4 Å². The summed E-state index contributed by atoms with van der Waals surface area (Å²) in [7, 11) is 0. The third kappa shape index (κ3) is 14.1. The number of phenols is 1. The number of nitrogens with one attached hydrogen (secondary N) is 3. The first-order chi connectivity index (χ1) is 26.1. The first kappa shape index (κ1) is 46.4. The number of phenolic OH excluding ortho intramolecular Hbond substituents is 1. The van der Waals surface area contributed by atoms with E-state index in [1.807, 2.05) is 43.3 Å². The van der Waals surface area contributed by atoms with Gasteiger partial charge in [-0.05, 0) is 101 Å². The predicted molar refractivity (Wildman–Crippen MR) is 226 cm³/mol. The highest BCUT2D eigenvalue weighted by Gasteiger charge is 2.53. The summed E-state index contributed by atoms with van der Waals surface area (Å²) >= 11 is 3.11. The number of likely N-dealkylation sites (tertiary alicyclic amines) is 1. The quantitative estimate of drug-likeness (QED) is 0.0347. The summed E-state index contributed by atoms with van der Waals surface area (Å²) in [5.41, 5.74) is 8.25. The van der Waals surface area contributed by atoms with Crippen LogP contribution < -0.4 is 16.4 Å². The molecule has 6 N–H and O–H groups in total. The van der Waals surface area contributed by atoms with E-state index in [2.05, 4.69) is 73.4 Å². The van der Waals surface area contributed by atoms with Crippen LogP contribution in [0.1, 0.15) is 97.7 Å². The molecule has 3 aliphatic rings. The minimum Gasteiger partial charge on any atom is -0.508 e. The number of allylic oxidation sites excluding steroid dienone is 1. The summed E-state index contributed by atoms with van der Waals surface area (Å²) in [6, 6.07) is 14.5. The van der Waals surface area contributed by atoms with Crippen molar-refractivity contribution in [1.82, 2.24) is 20.2 Å². The lowest BCUT2D eigenvalue weighted by Crippen LogP contribution is -2.57. The number of hydrogen-bond donors (Lipinski definition) is 6. The molecule has 0 radical (unpaired) electrons. The van der Waals surface area contributed by atoms with Crippen molar-refractivity contribution in [3.8, 4) is 18.6 Å². The highest BCUT2D eigenvalue weighted by molar-refractivity contribution is 7.94. The number of aryl methyl sites for hydroxylation is 1. The number of H-pyrrole nitrogens is 1. The lowest BCUT2D eigenvalue weighted by molar-refractivity contribution is -0.143. The largest absolute Gasteiger partial charge is 0.508 e. The third-order valence-corrected chi connectivity index (χ3v) is 10.8. The Balaban J connectivity index is 0.000000298. The van der Waals surface area contributed by atoms with Crippen molar-refractivity contribution in [2.24, 2.45) is 22.5 Å². The highest BCUT2D eigenvalue weighted by Crippen LogP contribution is 2.52. The Morgan fingerprint density at radius 2 is 1.75 bits per heavy atom. The zero-order chi connectivity index (χ0) is 41.2. The second-order valence-electron chi connectivity index (χ2n) is 15.4. The Morgan fingerprint density at radius 3 is 2.31 bits per heavy atom. The minimum atomic E-state index is -0.878. The molecule has 2 saturated carbocycles. The summed E-state index contributed by atoms with van der Waals surface area (Å²) in [5, 5.41) is 15.5. The van der Waals surface area contributed by atoms with Crippen LogP contribution in [0.25, 0.3) is 11.0 Å². The van der Waals surface area contributed by atoms with Gasteiger partial charge >= 0.3 is 0 Å². The van der Waals surface area contributed by atoms with Crippen molar-refractivity contribution in [3.05, 3.63) is 67.0 Å². The molecule has 3 amide bonds. The number of nitrogens with two attached hydrogens (primary N) is 1. The molecule has 2 aliphatic carbocycles. The third-order valence-electron chi connectivity index (χ3n) is 10.8. The monoisotopic (exact) mass is 774 g/mol. The van der Waals surface area contributed by atoms with Gasteiger partial charge in [-0.15, -0.1) is 32.1 Å². The van der Waals surface area contributed by atoms with Crippen LogP contribution in [0.4, 0.5) is 5.69 Å². The lowest BCUT2D eigenvalue weighted by Gasteiger charge is -2.35. The van der Waals surface area contributed by atoms with E-state index in [0.29, 0.717) is 29.9 Å². The number of nitrogens with zero attached hydrogens (tertiary/aromatic N) is 2. The Labute approximate surface area is 333 Å². The van der Waals surface area contributed by atoms with E-state index in [9.17, 15) is 14.4 Å². The van der Waals surface area contributed by atoms with Gasteiger partial charge in [0.1, 0.15) is 23.2 Å². The molecule has 3 fully saturated rings. The number of imidazole rings is 1. The molecule has 55 heavy (non-hydrogen) atoms. The van der Waals surface area contributed by atoms with Gasteiger partial charge in [0.25, 0.3) is 0 Å². The number of fused-ring (bicyclic) bond motifs is 1. The van der Waals surface area contributed by atoms with Crippen molar-refractivity contribution < 1.29 is 24.3 Å². The molecule has 3 aromatic rings. The molecule has 1 aromatic heterocycles. The molecule has 300 valence electrons. The number of terminal acetylenes is 1. The second-order valence-corrected chi connectivity index (χ2v) is 15.6. The van der Waals surface area contributed by atoms with Crippen LogP contribution >= 0.6 is 12.6 Å². The van der Waals surface area contributed by atoms with Crippen molar-refractivity contribution in [2.75, 3.05) is 18.4 Å². The number of carbonyl (C=O) groups is 4. The Bertz CT molecular complexity index is 1720. The van der Waals surface area contributed by atoms with Gasteiger partial charge in [-0.1, -0.05) is 57.9 Å². The first-order valence-electron chi connectivity index (χ1n) is 19.0. The Kier molecular flexibility index (Phi) is 18.5. The summed E-state index contributed by atoms with van der Waals surface area (Å²) < 4.78 is 0. The van der Waals surface area contributed by atoms with E-state index in [4.69, 9.17) is 15.6 Å². The van der Waals surface area contributed by atoms with E-state index in [-0.39, 0.29) is 29.0 Å². The molecule has 2 aromatic carbocycles. The van der Waals surface area contributed by atoms with Gasteiger partial charge in [0, 0.05) is 30.3 Å². The number of aromatic nitrogens is 2. The number of amides is 3. The summed E-state index contributed by atoms with van der Waals surface area (Å²) in [6.07, 6.45) is 19.8. The van der Waals surface area contributed by atoms with E-state index in [1.54, 1.807) is 30.0 Å². The fraction of sp³-hybridized carbons (Fsp3) is 0.512. The topological polar surface area (TPSA) is 171 Å². The molecule has 1 saturated heterocycles.